The Morgan fingerprint density at radius 3 is 2.23 bits per heavy atom. The molecule has 0 radical (unpaired) electrons. The highest BCUT2D eigenvalue weighted by Gasteiger charge is 2.54. The number of hydrogen-bond acceptors (Lipinski definition) is 7. The maximum atomic E-state index is 15.2. The lowest BCUT2D eigenvalue weighted by atomic mass is 9.74. The molecule has 12 heteroatoms. The van der Waals surface area contributed by atoms with Crippen LogP contribution in [-0.4, -0.2) is 105 Å². The highest BCUT2D eigenvalue weighted by atomic mass is 19.4. The summed E-state index contributed by atoms with van der Waals surface area (Å²) in [6, 6.07) is 12.0. The highest BCUT2D eigenvalue weighted by Crippen LogP contribution is 2.49. The number of benzene rings is 2. The molecule has 0 unspecified atom stereocenters. The molecule has 4 aliphatic rings. The van der Waals surface area contributed by atoms with Crippen LogP contribution < -0.4 is 9.64 Å². The molecule has 4 atom stereocenters. The van der Waals surface area contributed by atoms with Gasteiger partial charge in [-0.2, -0.15) is 13.2 Å². The summed E-state index contributed by atoms with van der Waals surface area (Å²) in [6.45, 7) is 8.97. The molecule has 0 aromatic heterocycles. The van der Waals surface area contributed by atoms with E-state index in [1.54, 1.807) is 20.3 Å². The van der Waals surface area contributed by atoms with Crippen molar-refractivity contribution in [1.29, 1.82) is 0 Å². The third kappa shape index (κ3) is 8.49. The Morgan fingerprint density at radius 1 is 0.962 bits per heavy atom. The number of piperidine rings is 1. The molecule has 4 fully saturated rings. The molecule has 3 aliphatic heterocycles. The van der Waals surface area contributed by atoms with Gasteiger partial charge in [0.2, 0.25) is 5.91 Å². The van der Waals surface area contributed by atoms with Gasteiger partial charge < -0.3 is 29.1 Å². The molecule has 0 bridgehead atoms. The van der Waals surface area contributed by atoms with E-state index in [9.17, 15) is 23.1 Å². The second-order valence-electron chi connectivity index (χ2n) is 16.2. The SMILES string of the molecule is COC[C@@H]1C[C@@H](c2ccc(C(F)(F)F)cc2N2CCC(C(=O)O)CC2)CN1C(=O)[C@]1(C)CN([C@H]2CC[C@H](OC(C)C)CC2)C[C@H]1c1ccc(OC)cc1. The summed E-state index contributed by atoms with van der Waals surface area (Å²) in [6.07, 6.45) is 1.20. The van der Waals surface area contributed by atoms with E-state index in [2.05, 4.69) is 37.8 Å². The van der Waals surface area contributed by atoms with Crippen LogP contribution in [0.5, 0.6) is 5.75 Å². The Kier molecular flexibility index (Phi) is 12.0. The Bertz CT molecular complexity index is 1570. The summed E-state index contributed by atoms with van der Waals surface area (Å²) >= 11 is 0. The number of nitrogens with zero attached hydrogens (tertiary/aromatic N) is 3. The number of ether oxygens (including phenoxy) is 3. The summed E-state index contributed by atoms with van der Waals surface area (Å²) in [5, 5.41) is 9.56. The van der Waals surface area contributed by atoms with E-state index >= 15 is 4.79 Å². The number of alkyl halides is 3. The molecule has 0 spiro atoms. The number of carbonyl (C=O) groups excluding carboxylic acids is 1. The van der Waals surface area contributed by atoms with Crippen molar-refractivity contribution < 1.29 is 42.1 Å². The van der Waals surface area contributed by atoms with Crippen LogP contribution in [0.2, 0.25) is 0 Å². The van der Waals surface area contributed by atoms with E-state index in [-0.39, 0.29) is 36.0 Å². The van der Waals surface area contributed by atoms with Crippen LogP contribution in [0.4, 0.5) is 18.9 Å². The quantitative estimate of drug-likeness (QED) is 0.259. The number of carboxylic acid groups (broad SMARTS) is 1. The smallest absolute Gasteiger partial charge is 0.416 e. The van der Waals surface area contributed by atoms with E-state index in [0.29, 0.717) is 63.8 Å². The van der Waals surface area contributed by atoms with E-state index in [1.807, 2.05) is 21.9 Å². The first-order valence-electron chi connectivity index (χ1n) is 19.2. The lowest BCUT2D eigenvalue weighted by molar-refractivity contribution is -0.143. The fraction of sp³-hybridized carbons (Fsp3) is 0.659. The van der Waals surface area contributed by atoms with Crippen LogP contribution in [-0.2, 0) is 25.2 Å². The Morgan fingerprint density at radius 2 is 1.64 bits per heavy atom. The van der Waals surface area contributed by atoms with Gasteiger partial charge in [0.15, 0.2) is 0 Å². The lowest BCUT2D eigenvalue weighted by Gasteiger charge is -2.38. The summed E-state index contributed by atoms with van der Waals surface area (Å²) in [4.78, 5) is 33.2. The summed E-state index contributed by atoms with van der Waals surface area (Å²) in [5.74, 6) is -0.892. The zero-order valence-corrected chi connectivity index (χ0v) is 31.7. The van der Waals surface area contributed by atoms with E-state index in [4.69, 9.17) is 14.2 Å². The van der Waals surface area contributed by atoms with Crippen molar-refractivity contribution in [2.24, 2.45) is 11.3 Å². The molecule has 1 N–H and O–H groups in total. The van der Waals surface area contributed by atoms with E-state index in [0.717, 1.165) is 55.2 Å². The average Bonchev–Trinajstić information content (AvgIpc) is 3.72. The van der Waals surface area contributed by atoms with Gasteiger partial charge in [-0.3, -0.25) is 14.5 Å². The number of likely N-dealkylation sites (tertiary alicyclic amines) is 2. The van der Waals surface area contributed by atoms with Crippen molar-refractivity contribution in [3.8, 4) is 5.75 Å². The molecule has 1 saturated carbocycles. The second-order valence-corrected chi connectivity index (χ2v) is 16.2. The molecule has 1 amide bonds. The first kappa shape index (κ1) is 39.3. The lowest BCUT2D eigenvalue weighted by Crippen LogP contribution is -2.50. The predicted molar refractivity (Wildman–Crippen MR) is 196 cm³/mol. The van der Waals surface area contributed by atoms with Crippen LogP contribution in [0.1, 0.15) is 94.2 Å². The largest absolute Gasteiger partial charge is 0.497 e. The maximum Gasteiger partial charge on any atom is 0.416 e. The molecule has 1 aliphatic carbocycles. The molecular weight excluding hydrogens is 687 g/mol. The van der Waals surface area contributed by atoms with Gasteiger partial charge in [-0.15, -0.1) is 0 Å². The van der Waals surface area contributed by atoms with Gasteiger partial charge >= 0.3 is 12.1 Å². The summed E-state index contributed by atoms with van der Waals surface area (Å²) in [5.41, 5.74) is 0.818. The third-order valence-electron chi connectivity index (χ3n) is 12.4. The second kappa shape index (κ2) is 16.2. The molecule has 9 nitrogen and oxygen atoms in total. The van der Waals surface area contributed by atoms with Gasteiger partial charge in [0.1, 0.15) is 5.75 Å². The van der Waals surface area contributed by atoms with Crippen LogP contribution >= 0.6 is 0 Å². The Hall–Kier alpha value is -3.35. The molecule has 3 heterocycles. The first-order chi connectivity index (χ1) is 25.2. The number of rotatable bonds is 11. The summed E-state index contributed by atoms with van der Waals surface area (Å²) < 4.78 is 59.4. The highest BCUT2D eigenvalue weighted by molar-refractivity contribution is 5.85. The molecule has 2 aromatic carbocycles. The Balaban J connectivity index is 1.29. The van der Waals surface area contributed by atoms with Gasteiger partial charge in [0.05, 0.1) is 48.9 Å². The molecule has 292 valence electrons. The van der Waals surface area contributed by atoms with Gasteiger partial charge in [0.25, 0.3) is 0 Å². The minimum absolute atomic E-state index is 0.0397. The zero-order chi connectivity index (χ0) is 38.1. The minimum Gasteiger partial charge on any atom is -0.497 e. The number of methoxy groups -OCH3 is 2. The first-order valence-corrected chi connectivity index (χ1v) is 19.2. The fourth-order valence-corrected chi connectivity index (χ4v) is 9.54. The molecular formula is C41H56F3N3O6. The zero-order valence-electron chi connectivity index (χ0n) is 31.7. The number of halogens is 3. The van der Waals surface area contributed by atoms with Crippen molar-refractivity contribution in [3.05, 3.63) is 59.2 Å². The van der Waals surface area contributed by atoms with Crippen LogP contribution in [0, 0.1) is 11.3 Å². The number of aliphatic carboxylic acids is 1. The summed E-state index contributed by atoms with van der Waals surface area (Å²) in [7, 11) is 3.25. The van der Waals surface area contributed by atoms with Crippen molar-refractivity contribution >= 4 is 17.6 Å². The minimum atomic E-state index is -4.52. The third-order valence-corrected chi connectivity index (χ3v) is 12.4. The van der Waals surface area contributed by atoms with Gasteiger partial charge in [-0.25, -0.2) is 0 Å². The van der Waals surface area contributed by atoms with Crippen LogP contribution in [0.3, 0.4) is 0 Å². The molecule has 53 heavy (non-hydrogen) atoms. The predicted octanol–water partition coefficient (Wildman–Crippen LogP) is 7.19. The number of carbonyl (C=O) groups is 2. The van der Waals surface area contributed by atoms with Gasteiger partial charge in [-0.1, -0.05) is 18.2 Å². The van der Waals surface area contributed by atoms with Crippen molar-refractivity contribution in [2.75, 3.05) is 58.5 Å². The molecule has 3 saturated heterocycles. The van der Waals surface area contributed by atoms with E-state index in [1.165, 1.54) is 6.07 Å². The maximum absolute atomic E-state index is 15.2. The van der Waals surface area contributed by atoms with Crippen LogP contribution in [0.25, 0.3) is 0 Å². The monoisotopic (exact) mass is 743 g/mol. The van der Waals surface area contributed by atoms with Gasteiger partial charge in [0, 0.05) is 63.4 Å². The number of hydrogen-bond donors (Lipinski definition) is 1. The number of amides is 1. The van der Waals surface area contributed by atoms with Crippen LogP contribution in [0.15, 0.2) is 42.5 Å². The number of carboxylic acids is 1. The Labute approximate surface area is 311 Å². The molecule has 6 rings (SSSR count). The average molecular weight is 744 g/mol. The van der Waals surface area contributed by atoms with Gasteiger partial charge in [-0.05, 0) is 101 Å². The topological polar surface area (TPSA) is 91.8 Å². The van der Waals surface area contributed by atoms with Crippen molar-refractivity contribution in [1.82, 2.24) is 9.80 Å². The number of anilines is 1. The van der Waals surface area contributed by atoms with Crippen molar-refractivity contribution in [2.45, 2.75) is 108 Å². The van der Waals surface area contributed by atoms with Crippen molar-refractivity contribution in [3.63, 3.8) is 0 Å². The fourth-order valence-electron chi connectivity index (χ4n) is 9.54. The normalized spacial score (nSPS) is 28.9. The molecule has 2 aromatic rings. The standard InChI is InChI=1S/C41H56F3N3O6/c1-26(2)53-34-13-9-31(10-14-34)46-23-36(27-6-11-33(52-5)12-7-27)40(3,25-46)39(50)47-22-29(20-32(47)24-51-4)35-15-8-30(41(42,43)44)21-37(35)45-18-16-28(17-19-45)38(48)49/h6-8,11-12,15,21,26,28-29,31-32,34,36H,9-10,13-14,16-20,22-25H2,1-5H3,(H,48,49)/t29-,31-,32+,34-,36+,40-/m1/s1. The van der Waals surface area contributed by atoms with E-state index < -0.39 is 29.0 Å².